The zero-order chi connectivity index (χ0) is 15.9. The molecule has 0 saturated carbocycles. The summed E-state index contributed by atoms with van der Waals surface area (Å²) in [6.45, 7) is 5.26. The Morgan fingerprint density at radius 1 is 0.955 bits per heavy atom. The molecule has 0 bridgehead atoms. The van der Waals surface area contributed by atoms with Gasteiger partial charge < -0.3 is 16.0 Å². The van der Waals surface area contributed by atoms with Gasteiger partial charge in [0.15, 0.2) is 0 Å². The van der Waals surface area contributed by atoms with E-state index in [-0.39, 0.29) is 5.69 Å². The Kier molecular flexibility index (Phi) is 5.02. The predicted octanol–water partition coefficient (Wildman–Crippen LogP) is 2.39. The first-order chi connectivity index (χ1) is 10.6. The van der Waals surface area contributed by atoms with Crippen LogP contribution in [-0.4, -0.2) is 33.0 Å². The van der Waals surface area contributed by atoms with Gasteiger partial charge in [-0.15, -0.1) is 0 Å². The van der Waals surface area contributed by atoms with E-state index in [1.807, 2.05) is 13.8 Å². The third-order valence-electron chi connectivity index (χ3n) is 2.64. The average Bonchev–Trinajstić information content (AvgIpc) is 2.48. The van der Waals surface area contributed by atoms with Crippen molar-refractivity contribution in [3.8, 4) is 0 Å². The zero-order valence-electron chi connectivity index (χ0n) is 12.3. The molecule has 1 aromatic heterocycles. The number of benzene rings is 1. The number of non-ortho nitro benzene ring substituents is 1. The standard InChI is InChI=1S/C13H17N7O2/c1-3-14-11-17-12(15-4-2)19-13(18-11)16-9-5-7-10(8-6-9)20(21)22/h5-8H,3-4H2,1-2H3,(H3,14,15,16,17,18,19). The van der Waals surface area contributed by atoms with Gasteiger partial charge in [-0.05, 0) is 26.0 Å². The number of nitrogens with zero attached hydrogens (tertiary/aromatic N) is 4. The molecule has 0 atom stereocenters. The lowest BCUT2D eigenvalue weighted by molar-refractivity contribution is -0.384. The fourth-order valence-corrected chi connectivity index (χ4v) is 1.70. The number of nitro groups is 1. The van der Waals surface area contributed by atoms with Gasteiger partial charge in [-0.25, -0.2) is 0 Å². The van der Waals surface area contributed by atoms with Gasteiger partial charge in [0.25, 0.3) is 5.69 Å². The summed E-state index contributed by atoms with van der Waals surface area (Å²) in [5.41, 5.74) is 0.685. The summed E-state index contributed by atoms with van der Waals surface area (Å²) < 4.78 is 0. The molecule has 3 N–H and O–H groups in total. The highest BCUT2D eigenvalue weighted by Gasteiger charge is 2.08. The highest BCUT2D eigenvalue weighted by Crippen LogP contribution is 2.19. The molecule has 2 aromatic rings. The van der Waals surface area contributed by atoms with Crippen LogP contribution >= 0.6 is 0 Å². The molecule has 1 heterocycles. The predicted molar refractivity (Wildman–Crippen MR) is 84.5 cm³/mol. The van der Waals surface area contributed by atoms with Gasteiger partial charge in [0, 0.05) is 30.9 Å². The number of nitrogens with one attached hydrogen (secondary N) is 3. The minimum Gasteiger partial charge on any atom is -0.354 e. The van der Waals surface area contributed by atoms with Crippen LogP contribution in [0.4, 0.5) is 29.2 Å². The molecule has 0 saturated heterocycles. The van der Waals surface area contributed by atoms with Gasteiger partial charge in [-0.1, -0.05) is 0 Å². The Bertz CT molecular complexity index is 621. The molecular formula is C13H17N7O2. The summed E-state index contributed by atoms with van der Waals surface area (Å²) in [5.74, 6) is 1.27. The topological polar surface area (TPSA) is 118 Å². The summed E-state index contributed by atoms with van der Waals surface area (Å²) in [5, 5.41) is 19.7. The van der Waals surface area contributed by atoms with Crippen molar-refractivity contribution in [2.45, 2.75) is 13.8 Å². The van der Waals surface area contributed by atoms with Crippen LogP contribution in [0.3, 0.4) is 0 Å². The maximum Gasteiger partial charge on any atom is 0.269 e. The van der Waals surface area contributed by atoms with E-state index in [4.69, 9.17) is 0 Å². The van der Waals surface area contributed by atoms with E-state index in [0.717, 1.165) is 0 Å². The summed E-state index contributed by atoms with van der Waals surface area (Å²) in [6.07, 6.45) is 0. The van der Waals surface area contributed by atoms with E-state index in [9.17, 15) is 10.1 Å². The number of anilines is 4. The van der Waals surface area contributed by atoms with Crippen LogP contribution in [0, 0.1) is 10.1 Å². The summed E-state index contributed by atoms with van der Waals surface area (Å²) in [4.78, 5) is 22.9. The van der Waals surface area contributed by atoms with Gasteiger partial charge >= 0.3 is 0 Å². The van der Waals surface area contributed by atoms with Crippen LogP contribution < -0.4 is 16.0 Å². The van der Waals surface area contributed by atoms with Crippen molar-refractivity contribution in [3.63, 3.8) is 0 Å². The molecule has 0 radical (unpaired) electrons. The van der Waals surface area contributed by atoms with Gasteiger partial charge in [0.2, 0.25) is 17.8 Å². The van der Waals surface area contributed by atoms with Crippen molar-refractivity contribution < 1.29 is 4.92 Å². The largest absolute Gasteiger partial charge is 0.354 e. The Balaban J connectivity index is 2.21. The molecule has 22 heavy (non-hydrogen) atoms. The van der Waals surface area contributed by atoms with Crippen LogP contribution in [0.15, 0.2) is 24.3 Å². The van der Waals surface area contributed by atoms with Crippen molar-refractivity contribution in [2.75, 3.05) is 29.0 Å². The SMILES string of the molecule is CCNc1nc(NCC)nc(Nc2ccc([N+](=O)[O-])cc2)n1. The molecule has 0 spiro atoms. The number of aromatic nitrogens is 3. The summed E-state index contributed by atoms with van der Waals surface area (Å²) in [6, 6.07) is 6.03. The van der Waals surface area contributed by atoms with E-state index in [1.165, 1.54) is 12.1 Å². The molecule has 0 amide bonds. The molecule has 0 aliphatic heterocycles. The molecule has 9 heteroatoms. The Labute approximate surface area is 127 Å². The van der Waals surface area contributed by atoms with Crippen molar-refractivity contribution in [2.24, 2.45) is 0 Å². The first-order valence-electron chi connectivity index (χ1n) is 6.87. The Hall–Kier alpha value is -2.97. The summed E-state index contributed by atoms with van der Waals surface area (Å²) in [7, 11) is 0. The van der Waals surface area contributed by atoms with Gasteiger partial charge in [0.05, 0.1) is 4.92 Å². The third kappa shape index (κ3) is 4.01. The van der Waals surface area contributed by atoms with Crippen molar-refractivity contribution >= 4 is 29.2 Å². The Morgan fingerprint density at radius 3 is 1.91 bits per heavy atom. The van der Waals surface area contributed by atoms with Crippen molar-refractivity contribution in [1.29, 1.82) is 0 Å². The quantitative estimate of drug-likeness (QED) is 0.527. The second-order valence-electron chi connectivity index (χ2n) is 4.30. The highest BCUT2D eigenvalue weighted by atomic mass is 16.6. The smallest absolute Gasteiger partial charge is 0.269 e. The van der Waals surface area contributed by atoms with E-state index in [0.29, 0.717) is 36.6 Å². The van der Waals surface area contributed by atoms with Crippen LogP contribution in [0.5, 0.6) is 0 Å². The second-order valence-corrected chi connectivity index (χ2v) is 4.30. The molecule has 9 nitrogen and oxygen atoms in total. The van der Waals surface area contributed by atoms with E-state index in [1.54, 1.807) is 12.1 Å². The molecule has 0 unspecified atom stereocenters. The van der Waals surface area contributed by atoms with Crippen molar-refractivity contribution in [1.82, 2.24) is 15.0 Å². The third-order valence-corrected chi connectivity index (χ3v) is 2.64. The van der Waals surface area contributed by atoms with Crippen LogP contribution in [-0.2, 0) is 0 Å². The average molecular weight is 303 g/mol. The van der Waals surface area contributed by atoms with E-state index in [2.05, 4.69) is 30.9 Å². The first kappa shape index (κ1) is 15.4. The van der Waals surface area contributed by atoms with Crippen LogP contribution in [0.1, 0.15) is 13.8 Å². The monoisotopic (exact) mass is 303 g/mol. The summed E-state index contributed by atoms with van der Waals surface area (Å²) >= 11 is 0. The molecule has 116 valence electrons. The first-order valence-corrected chi connectivity index (χ1v) is 6.87. The lowest BCUT2D eigenvalue weighted by atomic mass is 10.3. The maximum absolute atomic E-state index is 10.6. The zero-order valence-corrected chi connectivity index (χ0v) is 12.3. The molecular weight excluding hydrogens is 286 g/mol. The number of hydrogen-bond donors (Lipinski definition) is 3. The molecule has 1 aromatic carbocycles. The number of rotatable bonds is 7. The number of nitro benzene ring substituents is 1. The fourth-order valence-electron chi connectivity index (χ4n) is 1.70. The fraction of sp³-hybridized carbons (Fsp3) is 0.308. The van der Waals surface area contributed by atoms with Crippen LogP contribution in [0.25, 0.3) is 0 Å². The molecule has 0 aliphatic rings. The Morgan fingerprint density at radius 2 is 1.45 bits per heavy atom. The van der Waals surface area contributed by atoms with Gasteiger partial charge in [-0.3, -0.25) is 10.1 Å². The maximum atomic E-state index is 10.6. The van der Waals surface area contributed by atoms with Gasteiger partial charge in [-0.2, -0.15) is 15.0 Å². The second kappa shape index (κ2) is 7.16. The van der Waals surface area contributed by atoms with Crippen LogP contribution in [0.2, 0.25) is 0 Å². The number of hydrogen-bond acceptors (Lipinski definition) is 8. The lowest BCUT2D eigenvalue weighted by Gasteiger charge is -2.09. The minimum absolute atomic E-state index is 0.0304. The lowest BCUT2D eigenvalue weighted by Crippen LogP contribution is -2.10. The van der Waals surface area contributed by atoms with E-state index < -0.39 is 4.92 Å². The van der Waals surface area contributed by atoms with Crippen molar-refractivity contribution in [3.05, 3.63) is 34.4 Å². The molecule has 0 aliphatic carbocycles. The normalized spacial score (nSPS) is 10.1. The highest BCUT2D eigenvalue weighted by molar-refractivity contribution is 5.57. The molecule has 2 rings (SSSR count). The molecule has 0 fully saturated rings. The van der Waals surface area contributed by atoms with Gasteiger partial charge in [0.1, 0.15) is 0 Å². The minimum atomic E-state index is -0.445. The van der Waals surface area contributed by atoms with E-state index >= 15 is 0 Å².